The van der Waals surface area contributed by atoms with Crippen LogP contribution in [-0.2, 0) is 11.2 Å². The van der Waals surface area contributed by atoms with E-state index in [9.17, 15) is 9.18 Å². The highest BCUT2D eigenvalue weighted by Gasteiger charge is 2.16. The molecule has 0 aliphatic carbocycles. The predicted octanol–water partition coefficient (Wildman–Crippen LogP) is 3.94. The van der Waals surface area contributed by atoms with Gasteiger partial charge in [-0.05, 0) is 48.1 Å². The van der Waals surface area contributed by atoms with E-state index in [0.29, 0.717) is 13.0 Å². The summed E-state index contributed by atoms with van der Waals surface area (Å²) in [6, 6.07) is 20.5. The van der Waals surface area contributed by atoms with E-state index in [2.05, 4.69) is 5.32 Å². The number of halogens is 1. The van der Waals surface area contributed by atoms with E-state index in [-0.39, 0.29) is 17.8 Å². The SMILES string of the molecule is CN(C)C(CNC(=O)Cc1cccc2ccccc12)c1ccc(F)cc1. The van der Waals surface area contributed by atoms with Crippen LogP contribution in [0.1, 0.15) is 17.2 Å². The molecule has 134 valence electrons. The lowest BCUT2D eigenvalue weighted by Crippen LogP contribution is -2.35. The molecule has 1 amide bonds. The number of carbonyl (C=O) groups is 1. The van der Waals surface area contributed by atoms with Crippen molar-refractivity contribution in [2.24, 2.45) is 0 Å². The van der Waals surface area contributed by atoms with Gasteiger partial charge in [0.05, 0.1) is 12.5 Å². The third kappa shape index (κ3) is 4.27. The second kappa shape index (κ2) is 8.11. The highest BCUT2D eigenvalue weighted by Crippen LogP contribution is 2.20. The lowest BCUT2D eigenvalue weighted by molar-refractivity contribution is -0.120. The molecule has 0 aliphatic rings. The zero-order valence-corrected chi connectivity index (χ0v) is 15.1. The smallest absolute Gasteiger partial charge is 0.224 e. The maximum Gasteiger partial charge on any atom is 0.224 e. The second-order valence-corrected chi connectivity index (χ2v) is 6.65. The summed E-state index contributed by atoms with van der Waals surface area (Å²) in [5.41, 5.74) is 1.99. The number of carbonyl (C=O) groups excluding carboxylic acids is 1. The molecule has 1 atom stereocenters. The van der Waals surface area contributed by atoms with Crippen LogP contribution in [0, 0.1) is 5.82 Å². The molecule has 0 aromatic heterocycles. The minimum absolute atomic E-state index is 0.00734. The first-order valence-corrected chi connectivity index (χ1v) is 8.70. The molecule has 3 nitrogen and oxygen atoms in total. The van der Waals surface area contributed by atoms with Crippen molar-refractivity contribution in [3.63, 3.8) is 0 Å². The summed E-state index contributed by atoms with van der Waals surface area (Å²) < 4.78 is 13.2. The predicted molar refractivity (Wildman–Crippen MR) is 103 cm³/mol. The lowest BCUT2D eigenvalue weighted by Gasteiger charge is -2.25. The van der Waals surface area contributed by atoms with Crippen molar-refractivity contribution in [2.75, 3.05) is 20.6 Å². The first kappa shape index (κ1) is 18.1. The van der Waals surface area contributed by atoms with Gasteiger partial charge in [0.15, 0.2) is 0 Å². The average Bonchev–Trinajstić information content (AvgIpc) is 2.63. The molecule has 3 rings (SSSR count). The van der Waals surface area contributed by atoms with E-state index >= 15 is 0 Å². The number of hydrogen-bond donors (Lipinski definition) is 1. The van der Waals surface area contributed by atoms with E-state index in [1.807, 2.05) is 61.5 Å². The number of nitrogens with one attached hydrogen (secondary N) is 1. The number of likely N-dealkylation sites (N-methyl/N-ethyl adjacent to an activating group) is 1. The highest BCUT2D eigenvalue weighted by atomic mass is 19.1. The summed E-state index contributed by atoms with van der Waals surface area (Å²) in [4.78, 5) is 14.5. The highest BCUT2D eigenvalue weighted by molar-refractivity contribution is 5.90. The van der Waals surface area contributed by atoms with Crippen LogP contribution in [0.5, 0.6) is 0 Å². The molecule has 0 fully saturated rings. The van der Waals surface area contributed by atoms with E-state index in [1.54, 1.807) is 12.1 Å². The fraction of sp³-hybridized carbons (Fsp3) is 0.227. The Kier molecular flexibility index (Phi) is 5.64. The molecule has 3 aromatic rings. The van der Waals surface area contributed by atoms with Crippen LogP contribution >= 0.6 is 0 Å². The number of benzene rings is 3. The van der Waals surface area contributed by atoms with Gasteiger partial charge in [0, 0.05) is 6.54 Å². The standard InChI is InChI=1S/C22H23FN2O/c1-25(2)21(17-10-12-19(23)13-11-17)15-24-22(26)14-18-8-5-7-16-6-3-4-9-20(16)18/h3-13,21H,14-15H2,1-2H3,(H,24,26). The Hall–Kier alpha value is -2.72. The van der Waals surface area contributed by atoms with Gasteiger partial charge in [0.25, 0.3) is 0 Å². The minimum Gasteiger partial charge on any atom is -0.354 e. The Morgan fingerprint density at radius 3 is 2.42 bits per heavy atom. The maximum atomic E-state index is 13.2. The first-order valence-electron chi connectivity index (χ1n) is 8.70. The maximum absolute atomic E-state index is 13.2. The molecule has 0 bridgehead atoms. The van der Waals surface area contributed by atoms with Crippen LogP contribution in [0.3, 0.4) is 0 Å². The van der Waals surface area contributed by atoms with Crippen molar-refractivity contribution in [1.29, 1.82) is 0 Å². The number of fused-ring (bicyclic) bond motifs is 1. The summed E-state index contributed by atoms with van der Waals surface area (Å²) >= 11 is 0. The van der Waals surface area contributed by atoms with Gasteiger partial charge >= 0.3 is 0 Å². The first-order chi connectivity index (χ1) is 12.5. The van der Waals surface area contributed by atoms with Gasteiger partial charge < -0.3 is 10.2 Å². The van der Waals surface area contributed by atoms with Crippen LogP contribution in [0.25, 0.3) is 10.8 Å². The summed E-state index contributed by atoms with van der Waals surface area (Å²) in [6.45, 7) is 0.474. The van der Waals surface area contributed by atoms with Gasteiger partial charge in [-0.15, -0.1) is 0 Å². The van der Waals surface area contributed by atoms with Crippen molar-refractivity contribution in [2.45, 2.75) is 12.5 Å². The Morgan fingerprint density at radius 1 is 1.00 bits per heavy atom. The zero-order chi connectivity index (χ0) is 18.5. The van der Waals surface area contributed by atoms with Gasteiger partial charge in [-0.25, -0.2) is 4.39 Å². The minimum atomic E-state index is -0.258. The van der Waals surface area contributed by atoms with Gasteiger partial charge in [-0.3, -0.25) is 4.79 Å². The molecule has 1 unspecified atom stereocenters. The monoisotopic (exact) mass is 350 g/mol. The van der Waals surface area contributed by atoms with E-state index < -0.39 is 0 Å². The quantitative estimate of drug-likeness (QED) is 0.730. The molecule has 0 aliphatic heterocycles. The Morgan fingerprint density at radius 2 is 1.69 bits per heavy atom. The molecule has 4 heteroatoms. The van der Waals surface area contributed by atoms with Gasteiger partial charge in [-0.1, -0.05) is 54.6 Å². The van der Waals surface area contributed by atoms with Crippen LogP contribution in [0.4, 0.5) is 4.39 Å². The normalized spacial score (nSPS) is 12.3. The molecule has 26 heavy (non-hydrogen) atoms. The number of nitrogens with zero attached hydrogens (tertiary/aromatic N) is 1. The van der Waals surface area contributed by atoms with E-state index in [1.165, 1.54) is 12.1 Å². The summed E-state index contributed by atoms with van der Waals surface area (Å²) in [5, 5.41) is 5.26. The number of rotatable bonds is 6. The molecule has 0 heterocycles. The Labute approximate surface area is 153 Å². The lowest BCUT2D eigenvalue weighted by atomic mass is 10.0. The second-order valence-electron chi connectivity index (χ2n) is 6.65. The van der Waals surface area contributed by atoms with E-state index in [0.717, 1.165) is 21.9 Å². The topological polar surface area (TPSA) is 32.3 Å². The number of amides is 1. The summed E-state index contributed by atoms with van der Waals surface area (Å²) in [5.74, 6) is -0.276. The van der Waals surface area contributed by atoms with Crippen molar-refractivity contribution in [1.82, 2.24) is 10.2 Å². The van der Waals surface area contributed by atoms with Gasteiger partial charge in [0.2, 0.25) is 5.91 Å². The van der Waals surface area contributed by atoms with Crippen molar-refractivity contribution >= 4 is 16.7 Å². The van der Waals surface area contributed by atoms with Crippen molar-refractivity contribution in [3.8, 4) is 0 Å². The zero-order valence-electron chi connectivity index (χ0n) is 15.1. The average molecular weight is 350 g/mol. The van der Waals surface area contributed by atoms with Crippen molar-refractivity contribution < 1.29 is 9.18 Å². The molecule has 0 radical (unpaired) electrons. The third-order valence-corrected chi connectivity index (χ3v) is 4.60. The van der Waals surface area contributed by atoms with Crippen LogP contribution in [-0.4, -0.2) is 31.4 Å². The third-order valence-electron chi connectivity index (χ3n) is 4.60. The Bertz CT molecular complexity index is 885. The molecule has 0 spiro atoms. The molecule has 0 saturated heterocycles. The molecule has 3 aromatic carbocycles. The van der Waals surface area contributed by atoms with Crippen LogP contribution in [0.15, 0.2) is 66.7 Å². The summed E-state index contributed by atoms with van der Waals surface area (Å²) in [7, 11) is 3.90. The van der Waals surface area contributed by atoms with Crippen LogP contribution in [0.2, 0.25) is 0 Å². The molecule has 1 N–H and O–H groups in total. The van der Waals surface area contributed by atoms with E-state index in [4.69, 9.17) is 0 Å². The molecule has 0 saturated carbocycles. The van der Waals surface area contributed by atoms with Gasteiger partial charge in [0.1, 0.15) is 5.82 Å². The molecular formula is C22H23FN2O. The molecular weight excluding hydrogens is 327 g/mol. The largest absolute Gasteiger partial charge is 0.354 e. The fourth-order valence-electron chi connectivity index (χ4n) is 3.18. The fourth-order valence-corrected chi connectivity index (χ4v) is 3.18. The Balaban J connectivity index is 1.68. The summed E-state index contributed by atoms with van der Waals surface area (Å²) in [6.07, 6.45) is 0.338. The van der Waals surface area contributed by atoms with Gasteiger partial charge in [-0.2, -0.15) is 0 Å². The van der Waals surface area contributed by atoms with Crippen LogP contribution < -0.4 is 5.32 Å². The number of hydrogen-bond acceptors (Lipinski definition) is 2. The van der Waals surface area contributed by atoms with Crippen molar-refractivity contribution in [3.05, 3.63) is 83.7 Å².